The Morgan fingerprint density at radius 3 is 2.59 bits per heavy atom. The smallest absolute Gasteiger partial charge is 0.316 e. The lowest BCUT2D eigenvalue weighted by molar-refractivity contribution is -0.168. The maximum Gasteiger partial charge on any atom is 0.316 e. The highest BCUT2D eigenvalue weighted by molar-refractivity contribution is 5.80. The molecule has 1 aromatic carbocycles. The van der Waals surface area contributed by atoms with Crippen LogP contribution in [0.15, 0.2) is 30.3 Å². The van der Waals surface area contributed by atoms with Crippen molar-refractivity contribution >= 4 is 5.97 Å². The van der Waals surface area contributed by atoms with Crippen LogP contribution in [0.2, 0.25) is 0 Å². The third-order valence-corrected chi connectivity index (χ3v) is 5.39. The van der Waals surface area contributed by atoms with Crippen molar-refractivity contribution in [3.63, 3.8) is 0 Å². The van der Waals surface area contributed by atoms with Crippen molar-refractivity contribution in [2.75, 3.05) is 26.8 Å². The Morgan fingerprint density at radius 2 is 2.05 bits per heavy atom. The van der Waals surface area contributed by atoms with Crippen LogP contribution in [0.1, 0.15) is 25.8 Å². The third kappa shape index (κ3) is 2.34. The fourth-order valence-electron chi connectivity index (χ4n) is 3.98. The Kier molecular flexibility index (Phi) is 4.00. The van der Waals surface area contributed by atoms with E-state index in [9.17, 15) is 4.79 Å². The molecule has 4 heteroatoms. The van der Waals surface area contributed by atoms with Crippen LogP contribution in [-0.2, 0) is 20.8 Å². The molecular weight excluding hydrogens is 278 g/mol. The first-order chi connectivity index (χ1) is 10.5. The van der Waals surface area contributed by atoms with E-state index in [0.29, 0.717) is 13.2 Å². The quantitative estimate of drug-likeness (QED) is 0.633. The van der Waals surface area contributed by atoms with Crippen LogP contribution in [0.5, 0.6) is 0 Å². The summed E-state index contributed by atoms with van der Waals surface area (Å²) in [7, 11) is 1.48. The lowest BCUT2D eigenvalue weighted by atomic mass is 9.64. The first-order valence-electron chi connectivity index (χ1n) is 8.03. The number of ether oxygens (including phenoxy) is 2. The standard InChI is InChI=1S/C18H25NO3/c1-14(2)18(16(20)21-3)12-19(10-9-17(18)13-22-17)11-15-7-5-4-6-8-15/h4-8,14H,9-13H2,1-3H3. The number of benzene rings is 1. The Morgan fingerprint density at radius 1 is 1.36 bits per heavy atom. The van der Waals surface area contributed by atoms with Gasteiger partial charge >= 0.3 is 5.97 Å². The molecule has 3 rings (SSSR count). The maximum absolute atomic E-state index is 12.7. The second-order valence-electron chi connectivity index (χ2n) is 6.85. The van der Waals surface area contributed by atoms with E-state index in [-0.39, 0.29) is 17.5 Å². The molecular formula is C18H25NO3. The Balaban J connectivity index is 1.85. The molecule has 2 unspecified atom stereocenters. The molecule has 0 saturated carbocycles. The van der Waals surface area contributed by atoms with Crippen LogP contribution in [0.4, 0.5) is 0 Å². The monoisotopic (exact) mass is 303 g/mol. The number of carbonyl (C=O) groups is 1. The summed E-state index contributed by atoms with van der Waals surface area (Å²) < 4.78 is 11.0. The van der Waals surface area contributed by atoms with Gasteiger partial charge in [0.15, 0.2) is 0 Å². The molecule has 0 N–H and O–H groups in total. The summed E-state index contributed by atoms with van der Waals surface area (Å²) in [6.45, 7) is 7.41. The zero-order chi connectivity index (χ0) is 15.8. The number of rotatable bonds is 4. The van der Waals surface area contributed by atoms with Gasteiger partial charge in [-0.3, -0.25) is 9.69 Å². The topological polar surface area (TPSA) is 42.1 Å². The van der Waals surface area contributed by atoms with Gasteiger partial charge < -0.3 is 9.47 Å². The second-order valence-corrected chi connectivity index (χ2v) is 6.85. The molecule has 0 amide bonds. The van der Waals surface area contributed by atoms with Gasteiger partial charge in [0, 0.05) is 19.6 Å². The minimum atomic E-state index is -0.561. The first kappa shape index (κ1) is 15.5. The van der Waals surface area contributed by atoms with Crippen LogP contribution < -0.4 is 0 Å². The van der Waals surface area contributed by atoms with Gasteiger partial charge in [0.2, 0.25) is 0 Å². The van der Waals surface area contributed by atoms with Gasteiger partial charge in [0.05, 0.1) is 13.7 Å². The number of carbonyl (C=O) groups excluding carboxylic acids is 1. The van der Waals surface area contributed by atoms with Crippen molar-refractivity contribution in [2.24, 2.45) is 11.3 Å². The molecule has 1 spiro atoms. The fraction of sp³-hybridized carbons (Fsp3) is 0.611. The zero-order valence-electron chi connectivity index (χ0n) is 13.7. The number of likely N-dealkylation sites (tertiary alicyclic amines) is 1. The molecule has 0 aromatic heterocycles. The van der Waals surface area contributed by atoms with Gasteiger partial charge in [-0.15, -0.1) is 0 Å². The number of esters is 1. The van der Waals surface area contributed by atoms with Crippen molar-refractivity contribution in [1.29, 1.82) is 0 Å². The lowest BCUT2D eigenvalue weighted by Crippen LogP contribution is -2.60. The van der Waals surface area contributed by atoms with Crippen LogP contribution in [0.25, 0.3) is 0 Å². The average molecular weight is 303 g/mol. The molecule has 2 aliphatic rings. The number of nitrogens with zero attached hydrogens (tertiary/aromatic N) is 1. The van der Waals surface area contributed by atoms with E-state index in [1.54, 1.807) is 0 Å². The highest BCUT2D eigenvalue weighted by Gasteiger charge is 2.69. The van der Waals surface area contributed by atoms with Crippen molar-refractivity contribution in [2.45, 2.75) is 32.4 Å². The zero-order valence-corrected chi connectivity index (χ0v) is 13.7. The molecule has 120 valence electrons. The highest BCUT2D eigenvalue weighted by atomic mass is 16.6. The number of hydrogen-bond donors (Lipinski definition) is 0. The predicted molar refractivity (Wildman–Crippen MR) is 84.3 cm³/mol. The number of epoxide rings is 1. The molecule has 2 aliphatic heterocycles. The molecule has 0 bridgehead atoms. The normalized spacial score (nSPS) is 31.5. The summed E-state index contributed by atoms with van der Waals surface area (Å²) in [6.07, 6.45) is 0.896. The first-order valence-corrected chi connectivity index (χ1v) is 8.03. The highest BCUT2D eigenvalue weighted by Crippen LogP contribution is 2.55. The van der Waals surface area contributed by atoms with Crippen molar-refractivity contribution in [3.05, 3.63) is 35.9 Å². The molecule has 2 heterocycles. The van der Waals surface area contributed by atoms with E-state index in [2.05, 4.69) is 43.0 Å². The summed E-state index contributed by atoms with van der Waals surface area (Å²) in [6, 6.07) is 10.4. The second kappa shape index (κ2) is 5.67. The van der Waals surface area contributed by atoms with Crippen molar-refractivity contribution < 1.29 is 14.3 Å². The van der Waals surface area contributed by atoms with E-state index >= 15 is 0 Å². The summed E-state index contributed by atoms with van der Waals surface area (Å²) in [4.78, 5) is 15.0. The molecule has 2 saturated heterocycles. The molecule has 4 nitrogen and oxygen atoms in total. The van der Waals surface area contributed by atoms with Gasteiger partial charge in [0.25, 0.3) is 0 Å². The number of methoxy groups -OCH3 is 1. The third-order valence-electron chi connectivity index (χ3n) is 5.39. The number of hydrogen-bond acceptors (Lipinski definition) is 4. The van der Waals surface area contributed by atoms with Gasteiger partial charge in [0.1, 0.15) is 11.0 Å². The molecule has 22 heavy (non-hydrogen) atoms. The van der Waals surface area contributed by atoms with E-state index < -0.39 is 5.41 Å². The van der Waals surface area contributed by atoms with Gasteiger partial charge in [-0.2, -0.15) is 0 Å². The summed E-state index contributed by atoms with van der Waals surface area (Å²) in [5, 5.41) is 0. The summed E-state index contributed by atoms with van der Waals surface area (Å²) in [5.74, 6) is 0.0544. The predicted octanol–water partition coefficient (Wildman–Crippen LogP) is 2.48. The van der Waals surface area contributed by atoms with E-state index in [1.807, 2.05) is 6.07 Å². The minimum Gasteiger partial charge on any atom is -0.468 e. The molecule has 1 aromatic rings. The largest absolute Gasteiger partial charge is 0.468 e. The maximum atomic E-state index is 12.7. The molecule has 0 radical (unpaired) electrons. The minimum absolute atomic E-state index is 0.127. The van der Waals surface area contributed by atoms with Crippen molar-refractivity contribution in [3.8, 4) is 0 Å². The Bertz CT molecular complexity index is 539. The Labute approximate surface area is 132 Å². The van der Waals surface area contributed by atoms with Crippen molar-refractivity contribution in [1.82, 2.24) is 4.90 Å². The van der Waals surface area contributed by atoms with E-state index in [0.717, 1.165) is 19.5 Å². The number of piperidine rings is 1. The molecule has 2 atom stereocenters. The Hall–Kier alpha value is -1.39. The van der Waals surface area contributed by atoms with Crippen LogP contribution in [0.3, 0.4) is 0 Å². The van der Waals surface area contributed by atoms with Crippen LogP contribution >= 0.6 is 0 Å². The van der Waals surface area contributed by atoms with Crippen LogP contribution in [-0.4, -0.2) is 43.3 Å². The van der Waals surface area contributed by atoms with E-state index in [4.69, 9.17) is 9.47 Å². The lowest BCUT2D eigenvalue weighted by Gasteiger charge is -2.47. The van der Waals surface area contributed by atoms with Gasteiger partial charge in [-0.25, -0.2) is 0 Å². The molecule has 0 aliphatic carbocycles. The summed E-state index contributed by atoms with van der Waals surface area (Å²) >= 11 is 0. The SMILES string of the molecule is COC(=O)C1(C(C)C)CN(Cc2ccccc2)CCC12CO2. The average Bonchev–Trinajstić information content (AvgIpc) is 3.30. The van der Waals surface area contributed by atoms with E-state index in [1.165, 1.54) is 12.7 Å². The van der Waals surface area contributed by atoms with Crippen LogP contribution in [0, 0.1) is 11.3 Å². The fourth-order valence-corrected chi connectivity index (χ4v) is 3.98. The molecule has 2 fully saturated rings. The summed E-state index contributed by atoms with van der Waals surface area (Å²) in [5.41, 5.74) is 0.411. The van der Waals surface area contributed by atoms with Gasteiger partial charge in [-0.05, 0) is 17.9 Å². The van der Waals surface area contributed by atoms with Gasteiger partial charge in [-0.1, -0.05) is 44.2 Å².